The first-order chi connectivity index (χ1) is 9.60. The summed E-state index contributed by atoms with van der Waals surface area (Å²) in [6, 6.07) is -0.763. The second kappa shape index (κ2) is 5.82. The number of rotatable bonds is 6. The number of ether oxygens (including phenoxy) is 3. The molecule has 0 aromatic heterocycles. The van der Waals surface area contributed by atoms with Crippen LogP contribution in [0.3, 0.4) is 0 Å². The molecule has 20 heavy (non-hydrogen) atoms. The van der Waals surface area contributed by atoms with Crippen molar-refractivity contribution in [3.63, 3.8) is 0 Å². The van der Waals surface area contributed by atoms with Crippen LogP contribution in [0.25, 0.3) is 0 Å². The van der Waals surface area contributed by atoms with Crippen molar-refractivity contribution in [2.75, 3.05) is 32.9 Å². The normalized spacial score (nSPS) is 47.5. The molecule has 2 unspecified atom stereocenters. The van der Waals surface area contributed by atoms with Gasteiger partial charge in [0.1, 0.15) is 18.3 Å². The maximum Gasteiger partial charge on any atom is 0.173 e. The van der Waals surface area contributed by atoms with Crippen molar-refractivity contribution in [1.29, 1.82) is 0 Å². The summed E-state index contributed by atoms with van der Waals surface area (Å²) in [5.74, 6) is 0. The molecule has 0 aromatic rings. The molecule has 0 amide bonds. The standard InChI is InChI=1S/C12H21NO7/c14-3-8-10(15)11(16)9(12(17)20-8)13(1-6-4-18-6)2-7-5-19-7/h6-12,14-17H,1-5H2/t6?,7?,8-,9-,10-,11-,12-/m1/s1. The third kappa shape index (κ3) is 3.12. The summed E-state index contributed by atoms with van der Waals surface area (Å²) < 4.78 is 15.6. The highest BCUT2D eigenvalue weighted by Crippen LogP contribution is 2.27. The average molecular weight is 291 g/mol. The monoisotopic (exact) mass is 291 g/mol. The fourth-order valence-electron chi connectivity index (χ4n) is 2.67. The van der Waals surface area contributed by atoms with Crippen LogP contribution in [-0.4, -0.2) is 101 Å². The fraction of sp³-hybridized carbons (Fsp3) is 1.00. The van der Waals surface area contributed by atoms with Gasteiger partial charge in [0, 0.05) is 13.1 Å². The Morgan fingerprint density at radius 2 is 1.50 bits per heavy atom. The van der Waals surface area contributed by atoms with Crippen molar-refractivity contribution in [3.05, 3.63) is 0 Å². The molecule has 3 aliphatic heterocycles. The van der Waals surface area contributed by atoms with Gasteiger partial charge in [-0.3, -0.25) is 4.90 Å². The van der Waals surface area contributed by atoms with Gasteiger partial charge in [-0.2, -0.15) is 0 Å². The summed E-state index contributed by atoms with van der Waals surface area (Å²) in [4.78, 5) is 1.83. The first-order valence-electron chi connectivity index (χ1n) is 6.88. The van der Waals surface area contributed by atoms with Crippen molar-refractivity contribution in [1.82, 2.24) is 4.90 Å². The van der Waals surface area contributed by atoms with E-state index in [1.54, 1.807) is 0 Å². The Hall–Kier alpha value is -0.320. The number of hydrogen-bond acceptors (Lipinski definition) is 8. The first kappa shape index (κ1) is 14.6. The van der Waals surface area contributed by atoms with Crippen molar-refractivity contribution in [3.8, 4) is 0 Å². The zero-order valence-corrected chi connectivity index (χ0v) is 11.0. The predicted octanol–water partition coefficient (Wildman–Crippen LogP) is -3.11. The lowest BCUT2D eigenvalue weighted by Crippen LogP contribution is -2.65. The Balaban J connectivity index is 1.69. The Labute approximate surface area is 116 Å². The van der Waals surface area contributed by atoms with E-state index in [9.17, 15) is 15.3 Å². The second-order valence-corrected chi connectivity index (χ2v) is 5.58. The van der Waals surface area contributed by atoms with E-state index in [0.717, 1.165) is 0 Å². The van der Waals surface area contributed by atoms with E-state index in [0.29, 0.717) is 26.3 Å². The molecule has 7 atom stereocenters. The summed E-state index contributed by atoms with van der Waals surface area (Å²) >= 11 is 0. The lowest BCUT2D eigenvalue weighted by molar-refractivity contribution is -0.272. The first-order valence-corrected chi connectivity index (χ1v) is 6.88. The molecule has 3 aliphatic rings. The molecule has 0 radical (unpaired) electrons. The Kier molecular flexibility index (Phi) is 4.25. The summed E-state index contributed by atoms with van der Waals surface area (Å²) in [6.07, 6.45) is -4.53. The number of nitrogens with zero attached hydrogens (tertiary/aromatic N) is 1. The molecule has 3 fully saturated rings. The van der Waals surface area contributed by atoms with Gasteiger partial charge in [0.15, 0.2) is 6.29 Å². The van der Waals surface area contributed by atoms with Crippen LogP contribution < -0.4 is 0 Å². The molecule has 0 bridgehead atoms. The third-order valence-corrected chi connectivity index (χ3v) is 3.97. The number of epoxide rings is 2. The number of aliphatic hydroxyl groups excluding tert-OH is 4. The van der Waals surface area contributed by atoms with Gasteiger partial charge in [-0.05, 0) is 0 Å². The van der Waals surface area contributed by atoms with Crippen LogP contribution in [0.5, 0.6) is 0 Å². The van der Waals surface area contributed by atoms with Gasteiger partial charge >= 0.3 is 0 Å². The van der Waals surface area contributed by atoms with Crippen LogP contribution in [0, 0.1) is 0 Å². The van der Waals surface area contributed by atoms with E-state index in [2.05, 4.69) is 0 Å². The minimum atomic E-state index is -1.27. The Morgan fingerprint density at radius 3 is 1.95 bits per heavy atom. The minimum absolute atomic E-state index is 0.0841. The van der Waals surface area contributed by atoms with E-state index < -0.39 is 37.3 Å². The SMILES string of the molecule is OC[C@H]1O[C@@H](O)[C@H](N(CC2CO2)CC2CO2)[C@@H](O)[C@@H]1O. The Morgan fingerprint density at radius 1 is 0.950 bits per heavy atom. The number of aliphatic hydroxyl groups is 4. The maximum absolute atomic E-state index is 10.2. The van der Waals surface area contributed by atoms with Gasteiger partial charge < -0.3 is 34.6 Å². The van der Waals surface area contributed by atoms with E-state index in [-0.39, 0.29) is 12.2 Å². The smallest absolute Gasteiger partial charge is 0.173 e. The quantitative estimate of drug-likeness (QED) is 0.380. The lowest BCUT2D eigenvalue weighted by atomic mass is 9.95. The van der Waals surface area contributed by atoms with Crippen LogP contribution >= 0.6 is 0 Å². The van der Waals surface area contributed by atoms with Crippen LogP contribution in [0.2, 0.25) is 0 Å². The van der Waals surface area contributed by atoms with Crippen LogP contribution in [0.4, 0.5) is 0 Å². The molecule has 0 aromatic carbocycles. The van der Waals surface area contributed by atoms with E-state index in [4.69, 9.17) is 19.3 Å². The second-order valence-electron chi connectivity index (χ2n) is 5.58. The van der Waals surface area contributed by atoms with Crippen LogP contribution in [-0.2, 0) is 14.2 Å². The fourth-order valence-corrected chi connectivity index (χ4v) is 2.67. The maximum atomic E-state index is 10.2. The molecule has 0 spiro atoms. The summed E-state index contributed by atoms with van der Waals surface area (Å²) in [7, 11) is 0. The third-order valence-electron chi connectivity index (χ3n) is 3.97. The highest BCUT2D eigenvalue weighted by Gasteiger charge is 2.48. The van der Waals surface area contributed by atoms with Gasteiger partial charge in [-0.1, -0.05) is 0 Å². The molecule has 3 rings (SSSR count). The van der Waals surface area contributed by atoms with Crippen molar-refractivity contribution in [2.24, 2.45) is 0 Å². The predicted molar refractivity (Wildman–Crippen MR) is 64.8 cm³/mol. The van der Waals surface area contributed by atoms with Crippen molar-refractivity contribution in [2.45, 2.75) is 42.9 Å². The molecule has 0 aliphatic carbocycles. The molecule has 3 saturated heterocycles. The summed E-state index contributed by atoms with van der Waals surface area (Å²) in [5.41, 5.74) is 0. The van der Waals surface area contributed by atoms with E-state index in [1.807, 2.05) is 4.90 Å². The van der Waals surface area contributed by atoms with Gasteiger partial charge in [0.2, 0.25) is 0 Å². The molecule has 8 heteroatoms. The molecule has 4 N–H and O–H groups in total. The average Bonchev–Trinajstić information content (AvgIpc) is 3.29. The van der Waals surface area contributed by atoms with Gasteiger partial charge in [-0.15, -0.1) is 0 Å². The molecule has 8 nitrogen and oxygen atoms in total. The highest BCUT2D eigenvalue weighted by molar-refractivity contribution is 4.96. The molecule has 0 saturated carbocycles. The molecule has 3 heterocycles. The zero-order chi connectivity index (χ0) is 14.3. The van der Waals surface area contributed by atoms with Gasteiger partial charge in [0.05, 0.1) is 38.1 Å². The van der Waals surface area contributed by atoms with Crippen molar-refractivity contribution < 1.29 is 34.6 Å². The largest absolute Gasteiger partial charge is 0.394 e. The van der Waals surface area contributed by atoms with Crippen LogP contribution in [0.1, 0.15) is 0 Å². The molecule has 116 valence electrons. The lowest BCUT2D eigenvalue weighted by Gasteiger charge is -2.45. The summed E-state index contributed by atoms with van der Waals surface area (Å²) in [5, 5.41) is 39.3. The van der Waals surface area contributed by atoms with E-state index >= 15 is 0 Å². The van der Waals surface area contributed by atoms with Gasteiger partial charge in [0.25, 0.3) is 0 Å². The Bertz CT molecular complexity index is 322. The molecular formula is C12H21NO7. The van der Waals surface area contributed by atoms with Crippen LogP contribution in [0.15, 0.2) is 0 Å². The minimum Gasteiger partial charge on any atom is -0.394 e. The zero-order valence-electron chi connectivity index (χ0n) is 11.0. The van der Waals surface area contributed by atoms with Crippen molar-refractivity contribution >= 4 is 0 Å². The highest BCUT2D eigenvalue weighted by atomic mass is 16.6. The molecular weight excluding hydrogens is 270 g/mol. The number of hydrogen-bond donors (Lipinski definition) is 4. The summed E-state index contributed by atoms with van der Waals surface area (Å²) in [6.45, 7) is 1.93. The van der Waals surface area contributed by atoms with Gasteiger partial charge in [-0.25, -0.2) is 0 Å². The van der Waals surface area contributed by atoms with E-state index in [1.165, 1.54) is 0 Å². The topological polar surface area (TPSA) is 118 Å².